The van der Waals surface area contributed by atoms with Gasteiger partial charge in [-0.3, -0.25) is 9.59 Å². The molecule has 28 atom stereocenters. The van der Waals surface area contributed by atoms with Gasteiger partial charge in [-0.25, -0.2) is 4.79 Å². The summed E-state index contributed by atoms with van der Waals surface area (Å²) in [5.41, 5.74) is -6.23. The zero-order valence-electron chi connectivity index (χ0n) is 58.3. The van der Waals surface area contributed by atoms with E-state index in [1.807, 2.05) is 95.6 Å². The van der Waals surface area contributed by atoms with Crippen LogP contribution in [0.15, 0.2) is 30.3 Å². The van der Waals surface area contributed by atoms with Crippen molar-refractivity contribution in [3.05, 3.63) is 35.9 Å². The number of hydrogen-bond donors (Lipinski definition) is 9. The van der Waals surface area contributed by atoms with Gasteiger partial charge < -0.3 is 98.7 Å². The molecule has 0 bridgehead atoms. The molecule has 522 valence electrons. The summed E-state index contributed by atoms with van der Waals surface area (Å²) in [5, 5.41) is 104. The lowest BCUT2D eigenvalue weighted by Gasteiger charge is -2.47. The van der Waals surface area contributed by atoms with Crippen molar-refractivity contribution in [1.82, 2.24) is 19.6 Å². The van der Waals surface area contributed by atoms with Crippen molar-refractivity contribution in [2.24, 2.45) is 35.5 Å². The smallest absolute Gasteiger partial charge is 0.338 e. The molecule has 4 aliphatic rings. The van der Waals surface area contributed by atoms with Crippen LogP contribution in [0.2, 0.25) is 0 Å². The van der Waals surface area contributed by atoms with Crippen molar-refractivity contribution in [2.45, 2.75) is 282 Å². The number of likely N-dealkylation sites (N-methyl/N-ethyl adjacent to an activating group) is 4. The van der Waals surface area contributed by atoms with Gasteiger partial charge in [-0.15, -0.1) is 0 Å². The SMILES string of the molecule is CC[C@H]1OC(=O)[C@H](C)[C@@H](O)[C@H](C)[C@@H](O[C@@H]2O[C@H](C)C[C@H](N(C)C)[C@H]2O)[C@](C)(O)C[C@@H](C)CN(C)[C@H](C)[C@@H](O)[C@]1(C)O.CC[C@H]1OC(=O)[C@H](C)[C@@H](O)[C@H](C)[C@@H](O[C@@H]2O[C@H](C)C[C@H](N(C)C)[C@H]2OC(=O)c2ccccc2)[C@](C)(O)C[C@@H](C)CN(C)[C@H](C)[C@@H](O)[C@]1(C)O. The Balaban J connectivity index is 0.000000391. The Morgan fingerprint density at radius 3 is 1.32 bits per heavy atom. The van der Waals surface area contributed by atoms with E-state index in [-0.39, 0.29) is 61.8 Å². The number of esters is 3. The van der Waals surface area contributed by atoms with Crippen LogP contribution in [0, 0.1) is 35.5 Å². The van der Waals surface area contributed by atoms with Gasteiger partial charge in [0.2, 0.25) is 0 Å². The van der Waals surface area contributed by atoms with Crippen LogP contribution in [-0.4, -0.2) is 271 Å². The third-order valence-electron chi connectivity index (χ3n) is 20.2. The molecule has 0 saturated carbocycles. The molecule has 1 aromatic rings. The number of nitrogens with zero attached hydrogens (tertiary/aromatic N) is 4. The van der Waals surface area contributed by atoms with Crippen molar-refractivity contribution in [2.75, 3.05) is 55.4 Å². The minimum Gasteiger partial charge on any atom is -0.459 e. The Hall–Kier alpha value is -3.05. The lowest BCUT2D eigenvalue weighted by Crippen LogP contribution is -2.60. The van der Waals surface area contributed by atoms with Gasteiger partial charge in [0.1, 0.15) is 41.7 Å². The molecule has 4 heterocycles. The van der Waals surface area contributed by atoms with Gasteiger partial charge >= 0.3 is 17.9 Å². The second kappa shape index (κ2) is 33.1. The number of carbonyl (C=O) groups excluding carboxylic acids is 3. The maximum absolute atomic E-state index is 13.5. The lowest BCUT2D eigenvalue weighted by molar-refractivity contribution is -0.299. The summed E-state index contributed by atoms with van der Waals surface area (Å²) < 4.78 is 43.0. The van der Waals surface area contributed by atoms with Crippen LogP contribution in [-0.2, 0) is 42.7 Å². The number of aliphatic hydroxyl groups is 9. The van der Waals surface area contributed by atoms with Gasteiger partial charge in [0, 0.05) is 43.1 Å². The van der Waals surface area contributed by atoms with Gasteiger partial charge in [0.25, 0.3) is 0 Å². The second-order valence-corrected chi connectivity index (χ2v) is 29.0. The molecule has 0 aromatic heterocycles. The van der Waals surface area contributed by atoms with E-state index in [9.17, 15) is 60.3 Å². The first-order valence-electron chi connectivity index (χ1n) is 32.8. The van der Waals surface area contributed by atoms with Gasteiger partial charge in [0.15, 0.2) is 18.7 Å². The highest BCUT2D eigenvalue weighted by atomic mass is 16.7. The van der Waals surface area contributed by atoms with Crippen LogP contribution in [0.1, 0.15) is 160 Å². The van der Waals surface area contributed by atoms with E-state index in [0.717, 1.165) is 0 Å². The van der Waals surface area contributed by atoms with E-state index in [4.69, 9.17) is 33.2 Å². The quantitative estimate of drug-likeness (QED) is 0.119. The van der Waals surface area contributed by atoms with Gasteiger partial charge in [-0.2, -0.15) is 0 Å². The minimum absolute atomic E-state index is 0.0990. The Bertz CT molecular complexity index is 2370. The molecule has 0 unspecified atom stereocenters. The molecule has 90 heavy (non-hydrogen) atoms. The Kier molecular flexibility index (Phi) is 29.2. The highest BCUT2D eigenvalue weighted by molar-refractivity contribution is 5.89. The van der Waals surface area contributed by atoms with Crippen molar-refractivity contribution < 1.29 is 93.5 Å². The molecule has 0 spiro atoms. The first kappa shape index (κ1) is 79.4. The fraction of sp³-hybridized carbons (Fsp3) is 0.866. The summed E-state index contributed by atoms with van der Waals surface area (Å²) in [7, 11) is 11.2. The monoisotopic (exact) mass is 1280 g/mol. The van der Waals surface area contributed by atoms with Crippen molar-refractivity contribution in [1.29, 1.82) is 0 Å². The van der Waals surface area contributed by atoms with Crippen LogP contribution in [0.3, 0.4) is 0 Å². The summed E-state index contributed by atoms with van der Waals surface area (Å²) in [6.07, 6.45) is -11.8. The number of cyclic esters (lactones) is 2. The lowest BCUT2D eigenvalue weighted by atomic mass is 9.78. The Morgan fingerprint density at radius 1 is 0.578 bits per heavy atom. The topological polar surface area (TPSA) is 311 Å². The number of aliphatic hydroxyl groups excluding tert-OH is 5. The highest BCUT2D eigenvalue weighted by Gasteiger charge is 2.53. The molecular weight excluding hydrogens is 1160 g/mol. The van der Waals surface area contributed by atoms with Crippen LogP contribution in [0.4, 0.5) is 0 Å². The molecule has 9 N–H and O–H groups in total. The number of carbonyl (C=O) groups is 3. The summed E-state index contributed by atoms with van der Waals surface area (Å²) in [4.78, 5) is 47.8. The fourth-order valence-corrected chi connectivity index (χ4v) is 14.4. The van der Waals surface area contributed by atoms with E-state index in [2.05, 4.69) is 0 Å². The predicted molar refractivity (Wildman–Crippen MR) is 340 cm³/mol. The third kappa shape index (κ3) is 19.6. The molecule has 4 saturated heterocycles. The molecule has 0 amide bonds. The van der Waals surface area contributed by atoms with Gasteiger partial charge in [0.05, 0.1) is 71.3 Å². The van der Waals surface area contributed by atoms with Crippen LogP contribution in [0.5, 0.6) is 0 Å². The zero-order valence-corrected chi connectivity index (χ0v) is 58.3. The molecule has 23 heteroatoms. The van der Waals surface area contributed by atoms with Crippen LogP contribution >= 0.6 is 0 Å². The largest absolute Gasteiger partial charge is 0.459 e. The normalized spacial score (nSPS) is 45.0. The number of benzene rings is 1. The van der Waals surface area contributed by atoms with Crippen molar-refractivity contribution in [3.8, 4) is 0 Å². The average molecular weight is 1290 g/mol. The predicted octanol–water partition coefficient (Wildman–Crippen LogP) is 3.82. The van der Waals surface area contributed by atoms with Crippen molar-refractivity contribution in [3.63, 3.8) is 0 Å². The maximum Gasteiger partial charge on any atom is 0.338 e. The molecule has 4 fully saturated rings. The summed E-state index contributed by atoms with van der Waals surface area (Å²) in [5.74, 6) is -6.04. The van der Waals surface area contributed by atoms with Crippen LogP contribution in [0.25, 0.3) is 0 Å². The average Bonchev–Trinajstić information content (AvgIpc) is 1.22. The fourth-order valence-electron chi connectivity index (χ4n) is 14.4. The number of ether oxygens (including phenoxy) is 7. The highest BCUT2D eigenvalue weighted by Crippen LogP contribution is 2.40. The third-order valence-corrected chi connectivity index (χ3v) is 20.2. The van der Waals surface area contributed by atoms with Crippen LogP contribution < -0.4 is 0 Å². The van der Waals surface area contributed by atoms with Gasteiger partial charge in [-0.1, -0.05) is 59.7 Å². The molecular formula is C67H120N4O19. The molecule has 4 aliphatic heterocycles. The van der Waals surface area contributed by atoms with Crippen molar-refractivity contribution >= 4 is 17.9 Å². The second-order valence-electron chi connectivity index (χ2n) is 29.0. The van der Waals surface area contributed by atoms with Gasteiger partial charge in [-0.05, 0) is 174 Å². The molecule has 23 nitrogen and oxygen atoms in total. The van der Waals surface area contributed by atoms with E-state index < -0.39 is 150 Å². The maximum atomic E-state index is 13.5. The Labute approximate surface area is 537 Å². The van der Waals surface area contributed by atoms with E-state index >= 15 is 0 Å². The Morgan fingerprint density at radius 2 is 0.944 bits per heavy atom. The summed E-state index contributed by atoms with van der Waals surface area (Å²) >= 11 is 0. The van der Waals surface area contributed by atoms with E-state index in [0.29, 0.717) is 31.5 Å². The molecule has 1 aromatic carbocycles. The van der Waals surface area contributed by atoms with E-state index in [1.165, 1.54) is 27.7 Å². The molecule has 0 aliphatic carbocycles. The van der Waals surface area contributed by atoms with E-state index in [1.54, 1.807) is 79.7 Å². The summed E-state index contributed by atoms with van der Waals surface area (Å²) in [6, 6.07) is 7.09. The minimum atomic E-state index is -1.78. The zero-order chi connectivity index (χ0) is 68.6. The number of rotatable bonds is 10. The standard InChI is InChI=1S/C37H62N2O10.C30H58N2O9/c1-12-28-37(8,45)31(41)25(6)39(11)20-21(2)19-36(7,44)32(23(4)29(40)24(5)33(42)47-28)49-35-30(27(38(9)10)18-22(3)46-35)48-34(43)26-16-14-13-15-17-26;1-12-22-30(8,38)25(35)20(6)32(11)15-16(2)14-29(7,37)26(18(4)23(33)19(5)27(36)40-22)41-28-24(34)21(31(9)10)13-17(3)39-28/h13-17,21-25,27-32,35,40-41,44-45H,12,18-20H2,1-11H3;16-26,28,33-35,37-38H,12-15H2,1-11H3/t21-,22-,23+,24-,25-,27+,28-,29+,30-,31-,32-,35+,36-,37-;16-,17-,18+,19-,20-,21+,22-,23+,24-,25-,26-,28+,29-,30-/m11/s1. The first-order chi connectivity index (χ1) is 41.5. The summed E-state index contributed by atoms with van der Waals surface area (Å²) in [6.45, 7) is 28.4. The molecule has 0 radical (unpaired) electrons. The molecule has 5 rings (SSSR count). The first-order valence-corrected chi connectivity index (χ1v) is 32.8. The number of hydrogen-bond acceptors (Lipinski definition) is 23.